The summed E-state index contributed by atoms with van der Waals surface area (Å²) in [6, 6.07) is 10.1. The van der Waals surface area contributed by atoms with E-state index in [0.717, 1.165) is 67.6 Å². The third-order valence-electron chi connectivity index (χ3n) is 5.32. The standard InChI is InChI=1S/C22H26N6O2S/c1-5-20-26-27-21(28(20)10-1)15-24-22(23-9-8-17-4-2-13-31-17)25-16-6-7-18-19(14-16)30-12-3-11-29-18/h2,4,6-7,13-14H,1,3,5,8-12,15H2,(H2,23,24,25). The Bertz CT molecular complexity index is 1050. The van der Waals surface area contributed by atoms with Crippen molar-refractivity contribution in [3.05, 3.63) is 52.2 Å². The Balaban J connectivity index is 1.31. The van der Waals surface area contributed by atoms with Gasteiger partial charge in [0.1, 0.15) is 12.4 Å². The average Bonchev–Trinajstić information content (AvgIpc) is 3.49. The molecule has 0 unspecified atom stereocenters. The Hall–Kier alpha value is -3.07. The molecular weight excluding hydrogens is 412 g/mol. The Kier molecular flexibility index (Phi) is 6.01. The van der Waals surface area contributed by atoms with Crippen LogP contribution in [-0.2, 0) is 25.9 Å². The first-order valence-electron chi connectivity index (χ1n) is 10.7. The van der Waals surface area contributed by atoms with Gasteiger partial charge in [0.05, 0.1) is 13.2 Å². The molecule has 0 spiro atoms. The fourth-order valence-corrected chi connectivity index (χ4v) is 4.46. The van der Waals surface area contributed by atoms with E-state index < -0.39 is 0 Å². The maximum Gasteiger partial charge on any atom is 0.196 e. The van der Waals surface area contributed by atoms with Gasteiger partial charge in [0.2, 0.25) is 0 Å². The molecule has 0 aliphatic carbocycles. The second kappa shape index (κ2) is 9.38. The first kappa shape index (κ1) is 19.9. The molecule has 0 saturated carbocycles. The zero-order chi connectivity index (χ0) is 20.9. The fraction of sp³-hybridized carbons (Fsp3) is 0.409. The number of ether oxygens (including phenoxy) is 2. The first-order valence-corrected chi connectivity index (χ1v) is 11.6. The summed E-state index contributed by atoms with van der Waals surface area (Å²) < 4.78 is 13.7. The van der Waals surface area contributed by atoms with E-state index in [-0.39, 0.29) is 0 Å². The third-order valence-corrected chi connectivity index (χ3v) is 6.26. The van der Waals surface area contributed by atoms with Gasteiger partial charge in [0.15, 0.2) is 23.3 Å². The minimum atomic E-state index is 0.478. The number of hydrogen-bond donors (Lipinski definition) is 2. The maximum atomic E-state index is 5.82. The number of guanidine groups is 1. The van der Waals surface area contributed by atoms with E-state index >= 15 is 0 Å². The molecule has 2 aliphatic heterocycles. The van der Waals surface area contributed by atoms with Crippen molar-refractivity contribution in [2.24, 2.45) is 4.99 Å². The van der Waals surface area contributed by atoms with Crippen LogP contribution in [0.3, 0.4) is 0 Å². The van der Waals surface area contributed by atoms with Gasteiger partial charge in [-0.05, 0) is 36.4 Å². The van der Waals surface area contributed by atoms with Crippen LogP contribution in [0.2, 0.25) is 0 Å². The molecule has 0 bridgehead atoms. The van der Waals surface area contributed by atoms with Crippen molar-refractivity contribution in [3.63, 3.8) is 0 Å². The van der Waals surface area contributed by atoms with Crippen LogP contribution in [0, 0.1) is 0 Å². The summed E-state index contributed by atoms with van der Waals surface area (Å²) >= 11 is 1.77. The van der Waals surface area contributed by atoms with Gasteiger partial charge in [-0.3, -0.25) is 0 Å². The molecule has 2 aliphatic rings. The van der Waals surface area contributed by atoms with Crippen molar-refractivity contribution in [2.45, 2.75) is 38.8 Å². The molecule has 8 nitrogen and oxygen atoms in total. The number of nitrogens with zero attached hydrogens (tertiary/aromatic N) is 4. The average molecular weight is 439 g/mol. The topological polar surface area (TPSA) is 85.6 Å². The van der Waals surface area contributed by atoms with Crippen LogP contribution in [0.5, 0.6) is 11.5 Å². The van der Waals surface area contributed by atoms with Crippen LogP contribution in [-0.4, -0.2) is 40.5 Å². The summed E-state index contributed by atoms with van der Waals surface area (Å²) in [5.74, 6) is 4.22. The molecule has 0 radical (unpaired) electrons. The van der Waals surface area contributed by atoms with Crippen LogP contribution in [0.4, 0.5) is 5.69 Å². The van der Waals surface area contributed by atoms with Gasteiger partial charge in [-0.25, -0.2) is 4.99 Å². The summed E-state index contributed by atoms with van der Waals surface area (Å²) in [6.45, 7) is 3.58. The van der Waals surface area contributed by atoms with Gasteiger partial charge in [-0.2, -0.15) is 0 Å². The molecule has 0 atom stereocenters. The summed E-state index contributed by atoms with van der Waals surface area (Å²) in [7, 11) is 0. The van der Waals surface area contributed by atoms with Crippen LogP contribution < -0.4 is 20.1 Å². The van der Waals surface area contributed by atoms with Gasteiger partial charge >= 0.3 is 0 Å². The lowest BCUT2D eigenvalue weighted by Gasteiger charge is -2.14. The van der Waals surface area contributed by atoms with Crippen molar-refractivity contribution < 1.29 is 9.47 Å². The second-order valence-corrected chi connectivity index (χ2v) is 8.58. The highest BCUT2D eigenvalue weighted by Gasteiger charge is 2.17. The molecule has 9 heteroatoms. The number of aliphatic imine (C=N–C) groups is 1. The van der Waals surface area contributed by atoms with Gasteiger partial charge in [0, 0.05) is 42.6 Å². The van der Waals surface area contributed by atoms with Gasteiger partial charge in [-0.1, -0.05) is 6.07 Å². The number of rotatable bonds is 6. The molecular formula is C22H26N6O2S. The number of thiophene rings is 1. The predicted octanol–water partition coefficient (Wildman–Crippen LogP) is 3.25. The van der Waals surface area contributed by atoms with Crippen molar-refractivity contribution in [2.75, 3.05) is 25.1 Å². The van der Waals surface area contributed by atoms with E-state index in [1.54, 1.807) is 11.3 Å². The predicted molar refractivity (Wildman–Crippen MR) is 121 cm³/mol. The number of anilines is 1. The Labute approximate surface area is 185 Å². The zero-order valence-corrected chi connectivity index (χ0v) is 18.2. The Morgan fingerprint density at radius 1 is 1.13 bits per heavy atom. The van der Waals surface area contributed by atoms with Crippen molar-refractivity contribution in [1.82, 2.24) is 20.1 Å². The number of hydrogen-bond acceptors (Lipinski definition) is 6. The molecule has 31 heavy (non-hydrogen) atoms. The largest absolute Gasteiger partial charge is 0.490 e. The van der Waals surface area contributed by atoms with Crippen LogP contribution in [0.1, 0.15) is 29.4 Å². The number of aryl methyl sites for hydroxylation is 1. The SMILES string of the molecule is c1csc(CCNC(=NCc2nnc3n2CCC3)Nc2ccc3c(c2)OCCCO3)c1. The Morgan fingerprint density at radius 2 is 2.06 bits per heavy atom. The number of fused-ring (bicyclic) bond motifs is 2. The molecule has 0 saturated heterocycles. The monoisotopic (exact) mass is 438 g/mol. The molecule has 3 aromatic rings. The Morgan fingerprint density at radius 3 is 2.97 bits per heavy atom. The maximum absolute atomic E-state index is 5.82. The number of nitrogens with one attached hydrogen (secondary N) is 2. The summed E-state index contributed by atoms with van der Waals surface area (Å²) in [4.78, 5) is 6.14. The fourth-order valence-electron chi connectivity index (χ4n) is 3.75. The molecule has 0 amide bonds. The van der Waals surface area contributed by atoms with Crippen LogP contribution in [0.25, 0.3) is 0 Å². The highest BCUT2D eigenvalue weighted by atomic mass is 32.1. The van der Waals surface area contributed by atoms with Gasteiger partial charge < -0.3 is 24.7 Å². The minimum Gasteiger partial charge on any atom is -0.490 e. The van der Waals surface area contributed by atoms with Gasteiger partial charge in [0.25, 0.3) is 0 Å². The quantitative estimate of drug-likeness (QED) is 0.454. The van der Waals surface area contributed by atoms with E-state index in [1.165, 1.54) is 4.88 Å². The van der Waals surface area contributed by atoms with Crippen LogP contribution >= 0.6 is 11.3 Å². The molecule has 2 aromatic heterocycles. The molecule has 1 aromatic carbocycles. The second-order valence-electron chi connectivity index (χ2n) is 7.55. The summed E-state index contributed by atoms with van der Waals surface area (Å²) in [5.41, 5.74) is 0.901. The number of benzene rings is 1. The lowest BCUT2D eigenvalue weighted by atomic mass is 10.2. The first-order chi connectivity index (χ1) is 15.3. The highest BCUT2D eigenvalue weighted by molar-refractivity contribution is 7.09. The molecule has 0 fully saturated rings. The van der Waals surface area contributed by atoms with Crippen LogP contribution in [0.15, 0.2) is 40.7 Å². The molecule has 5 rings (SSSR count). The lowest BCUT2D eigenvalue weighted by molar-refractivity contribution is 0.297. The molecule has 2 N–H and O–H groups in total. The highest BCUT2D eigenvalue weighted by Crippen LogP contribution is 2.32. The van der Waals surface area contributed by atoms with E-state index in [0.29, 0.717) is 25.7 Å². The van der Waals surface area contributed by atoms with Gasteiger partial charge in [-0.15, -0.1) is 21.5 Å². The lowest BCUT2D eigenvalue weighted by Crippen LogP contribution is -2.32. The van der Waals surface area contributed by atoms with E-state index in [4.69, 9.17) is 14.5 Å². The summed E-state index contributed by atoms with van der Waals surface area (Å²) in [5, 5.41) is 17.6. The molecule has 162 valence electrons. The zero-order valence-electron chi connectivity index (χ0n) is 17.3. The van der Waals surface area contributed by atoms with E-state index in [9.17, 15) is 0 Å². The third kappa shape index (κ3) is 4.82. The smallest absolute Gasteiger partial charge is 0.196 e. The normalized spacial score (nSPS) is 15.4. The number of aromatic nitrogens is 3. The molecule has 4 heterocycles. The minimum absolute atomic E-state index is 0.478. The van der Waals surface area contributed by atoms with Crippen molar-refractivity contribution in [1.29, 1.82) is 0 Å². The van der Waals surface area contributed by atoms with E-state index in [1.807, 2.05) is 18.2 Å². The van der Waals surface area contributed by atoms with Crippen molar-refractivity contribution >= 4 is 23.0 Å². The van der Waals surface area contributed by atoms with E-state index in [2.05, 4.69) is 42.9 Å². The van der Waals surface area contributed by atoms with Crippen molar-refractivity contribution in [3.8, 4) is 11.5 Å². The summed E-state index contributed by atoms with van der Waals surface area (Å²) in [6.07, 6.45) is 3.96.